The summed E-state index contributed by atoms with van der Waals surface area (Å²) >= 11 is 3.27. The fourth-order valence-electron chi connectivity index (χ4n) is 3.11. The molecule has 0 heterocycles. The molecule has 0 aliphatic heterocycles. The van der Waals surface area contributed by atoms with E-state index in [1.807, 2.05) is 54.6 Å². The standard InChI is InChI=1S/C23H20BrF3O/c24-19-14-12-18(13-15-19)22(23(25,26)27)11-5-7-17-6-4-10-21(16-17)28-20-8-2-1-3-9-20/h1-4,6,8-10,12-16,22H,5,7,11H2. The number of para-hydroxylation sites is 1. The minimum Gasteiger partial charge on any atom is -0.457 e. The van der Waals surface area contributed by atoms with Crippen LogP contribution in [0.5, 0.6) is 11.5 Å². The molecule has 0 bridgehead atoms. The molecule has 1 atom stereocenters. The first-order valence-electron chi connectivity index (χ1n) is 9.06. The first kappa shape index (κ1) is 20.5. The van der Waals surface area contributed by atoms with Crippen LogP contribution in [0.25, 0.3) is 0 Å². The van der Waals surface area contributed by atoms with E-state index in [4.69, 9.17) is 4.74 Å². The lowest BCUT2D eigenvalue weighted by molar-refractivity contribution is -0.152. The van der Waals surface area contributed by atoms with Crippen molar-refractivity contribution in [2.75, 3.05) is 0 Å². The second-order valence-electron chi connectivity index (χ2n) is 6.60. The van der Waals surface area contributed by atoms with Gasteiger partial charge in [0.15, 0.2) is 0 Å². The van der Waals surface area contributed by atoms with E-state index in [9.17, 15) is 13.2 Å². The lowest BCUT2D eigenvalue weighted by Gasteiger charge is -2.21. The molecule has 0 saturated carbocycles. The van der Waals surface area contributed by atoms with Gasteiger partial charge in [0, 0.05) is 4.47 Å². The average Bonchev–Trinajstić information content (AvgIpc) is 2.66. The zero-order valence-corrected chi connectivity index (χ0v) is 16.7. The Balaban J connectivity index is 1.62. The van der Waals surface area contributed by atoms with E-state index < -0.39 is 12.1 Å². The third kappa shape index (κ3) is 5.86. The van der Waals surface area contributed by atoms with Crippen LogP contribution in [0.15, 0.2) is 83.3 Å². The second kappa shape index (κ2) is 9.28. The third-order valence-corrected chi connectivity index (χ3v) is 5.03. The van der Waals surface area contributed by atoms with E-state index in [1.54, 1.807) is 12.1 Å². The monoisotopic (exact) mass is 448 g/mol. The number of benzene rings is 3. The number of aryl methyl sites for hydroxylation is 1. The highest BCUT2D eigenvalue weighted by Crippen LogP contribution is 2.39. The van der Waals surface area contributed by atoms with Crippen LogP contribution in [0.4, 0.5) is 13.2 Å². The molecular formula is C23H20BrF3O. The van der Waals surface area contributed by atoms with Gasteiger partial charge in [0.25, 0.3) is 0 Å². The molecule has 0 fully saturated rings. The van der Waals surface area contributed by atoms with E-state index in [0.29, 0.717) is 24.2 Å². The predicted molar refractivity (Wildman–Crippen MR) is 109 cm³/mol. The molecule has 0 aromatic heterocycles. The summed E-state index contributed by atoms with van der Waals surface area (Å²) in [5, 5.41) is 0. The largest absolute Gasteiger partial charge is 0.457 e. The predicted octanol–water partition coefficient (Wildman–Crippen LogP) is 7.91. The van der Waals surface area contributed by atoms with Gasteiger partial charge in [0.1, 0.15) is 11.5 Å². The smallest absolute Gasteiger partial charge is 0.395 e. The van der Waals surface area contributed by atoms with Crippen LogP contribution in [0.2, 0.25) is 0 Å². The number of hydrogen-bond donors (Lipinski definition) is 0. The van der Waals surface area contributed by atoms with Crippen LogP contribution >= 0.6 is 15.9 Å². The second-order valence-corrected chi connectivity index (χ2v) is 7.52. The van der Waals surface area contributed by atoms with Crippen LogP contribution in [0.3, 0.4) is 0 Å². The van der Waals surface area contributed by atoms with Gasteiger partial charge in [0.2, 0.25) is 0 Å². The summed E-state index contributed by atoms with van der Waals surface area (Å²) in [4.78, 5) is 0. The van der Waals surface area contributed by atoms with Crippen molar-refractivity contribution in [3.63, 3.8) is 0 Å². The molecule has 0 aliphatic rings. The van der Waals surface area contributed by atoms with Gasteiger partial charge < -0.3 is 4.74 Å². The number of halogens is 4. The molecule has 146 valence electrons. The fourth-order valence-corrected chi connectivity index (χ4v) is 3.38. The molecule has 1 nitrogen and oxygen atoms in total. The summed E-state index contributed by atoms with van der Waals surface area (Å²) in [6.07, 6.45) is -3.20. The summed E-state index contributed by atoms with van der Waals surface area (Å²) in [5.41, 5.74) is 1.27. The van der Waals surface area contributed by atoms with E-state index in [0.717, 1.165) is 15.8 Å². The summed E-state index contributed by atoms with van der Waals surface area (Å²) in [6.45, 7) is 0. The van der Waals surface area contributed by atoms with Gasteiger partial charge in [-0.05, 0) is 66.8 Å². The molecule has 3 rings (SSSR count). The van der Waals surface area contributed by atoms with Gasteiger partial charge in [-0.2, -0.15) is 13.2 Å². The maximum Gasteiger partial charge on any atom is 0.395 e. The summed E-state index contributed by atoms with van der Waals surface area (Å²) in [6, 6.07) is 23.3. The maximum absolute atomic E-state index is 13.5. The quantitative estimate of drug-likeness (QED) is 0.356. The molecule has 3 aromatic rings. The average molecular weight is 449 g/mol. The van der Waals surface area contributed by atoms with Crippen molar-refractivity contribution in [2.24, 2.45) is 0 Å². The van der Waals surface area contributed by atoms with Crippen molar-refractivity contribution in [1.82, 2.24) is 0 Å². The van der Waals surface area contributed by atoms with E-state index in [1.165, 1.54) is 12.1 Å². The van der Waals surface area contributed by atoms with E-state index in [2.05, 4.69) is 15.9 Å². The SMILES string of the molecule is FC(F)(F)C(CCCc1cccc(Oc2ccccc2)c1)c1ccc(Br)cc1. The lowest BCUT2D eigenvalue weighted by Crippen LogP contribution is -2.21. The molecule has 28 heavy (non-hydrogen) atoms. The molecule has 0 aliphatic carbocycles. The Bertz CT molecular complexity index is 876. The Morgan fingerprint density at radius 3 is 2.18 bits per heavy atom. The highest BCUT2D eigenvalue weighted by atomic mass is 79.9. The first-order valence-corrected chi connectivity index (χ1v) is 9.85. The zero-order chi connectivity index (χ0) is 20.0. The van der Waals surface area contributed by atoms with Crippen LogP contribution in [-0.4, -0.2) is 6.18 Å². The van der Waals surface area contributed by atoms with Crippen molar-refractivity contribution in [1.29, 1.82) is 0 Å². The van der Waals surface area contributed by atoms with Crippen molar-refractivity contribution in [3.8, 4) is 11.5 Å². The summed E-state index contributed by atoms with van der Waals surface area (Å²) in [5.74, 6) is -0.0413. The molecule has 0 saturated heterocycles. The highest BCUT2D eigenvalue weighted by Gasteiger charge is 2.39. The van der Waals surface area contributed by atoms with Gasteiger partial charge in [0.05, 0.1) is 5.92 Å². The van der Waals surface area contributed by atoms with Gasteiger partial charge in [-0.15, -0.1) is 0 Å². The zero-order valence-electron chi connectivity index (χ0n) is 15.1. The van der Waals surface area contributed by atoms with Crippen LogP contribution in [-0.2, 0) is 6.42 Å². The fraction of sp³-hybridized carbons (Fsp3) is 0.217. The Labute approximate surface area is 171 Å². The number of hydrogen-bond acceptors (Lipinski definition) is 1. The van der Waals surface area contributed by atoms with Crippen molar-refractivity contribution >= 4 is 15.9 Å². The van der Waals surface area contributed by atoms with E-state index in [-0.39, 0.29) is 6.42 Å². The topological polar surface area (TPSA) is 9.23 Å². The molecule has 1 unspecified atom stereocenters. The lowest BCUT2D eigenvalue weighted by atomic mass is 9.92. The first-order chi connectivity index (χ1) is 13.4. The van der Waals surface area contributed by atoms with Crippen LogP contribution in [0, 0.1) is 0 Å². The highest BCUT2D eigenvalue weighted by molar-refractivity contribution is 9.10. The van der Waals surface area contributed by atoms with Crippen molar-refractivity contribution < 1.29 is 17.9 Å². The minimum atomic E-state index is -4.26. The maximum atomic E-state index is 13.5. The molecule has 3 aromatic carbocycles. The van der Waals surface area contributed by atoms with Gasteiger partial charge in [-0.1, -0.05) is 58.4 Å². The van der Waals surface area contributed by atoms with Crippen LogP contribution in [0.1, 0.15) is 29.9 Å². The molecular weight excluding hydrogens is 429 g/mol. The van der Waals surface area contributed by atoms with Gasteiger partial charge in [-0.25, -0.2) is 0 Å². The Morgan fingerprint density at radius 2 is 1.50 bits per heavy atom. The van der Waals surface area contributed by atoms with Gasteiger partial charge >= 0.3 is 6.18 Å². The minimum absolute atomic E-state index is 0.0505. The molecule has 0 radical (unpaired) electrons. The molecule has 5 heteroatoms. The normalized spacial score (nSPS) is 12.6. The molecule has 0 amide bonds. The summed E-state index contributed by atoms with van der Waals surface area (Å²) in [7, 11) is 0. The third-order valence-electron chi connectivity index (χ3n) is 4.50. The van der Waals surface area contributed by atoms with Crippen molar-refractivity contribution in [3.05, 3.63) is 94.5 Å². The van der Waals surface area contributed by atoms with Crippen LogP contribution < -0.4 is 4.74 Å². The summed E-state index contributed by atoms with van der Waals surface area (Å²) < 4.78 is 47.1. The number of ether oxygens (including phenoxy) is 1. The van der Waals surface area contributed by atoms with Gasteiger partial charge in [-0.3, -0.25) is 0 Å². The molecule has 0 N–H and O–H groups in total. The van der Waals surface area contributed by atoms with E-state index >= 15 is 0 Å². The Kier molecular flexibility index (Phi) is 6.79. The Morgan fingerprint density at radius 1 is 0.821 bits per heavy atom. The Hall–Kier alpha value is -2.27. The van der Waals surface area contributed by atoms with Crippen molar-refractivity contribution in [2.45, 2.75) is 31.4 Å². The number of alkyl halides is 3. The number of rotatable bonds is 7. The molecule has 0 spiro atoms.